The van der Waals surface area contributed by atoms with Crippen molar-refractivity contribution in [2.45, 2.75) is 12.6 Å². The van der Waals surface area contributed by atoms with Gasteiger partial charge in [-0.3, -0.25) is 13.9 Å². The fraction of sp³-hybridized carbons (Fsp3) is 0.250. The van der Waals surface area contributed by atoms with Gasteiger partial charge in [-0.05, 0) is 23.8 Å². The minimum Gasteiger partial charge on any atom is -0.504 e. The lowest BCUT2D eigenvalue weighted by Gasteiger charge is -2.28. The third-order valence-electron chi connectivity index (χ3n) is 6.20. The summed E-state index contributed by atoms with van der Waals surface area (Å²) in [5.41, 5.74) is 2.23. The van der Waals surface area contributed by atoms with Crippen LogP contribution in [-0.2, 0) is 25.4 Å². The molecule has 1 aliphatic rings. The van der Waals surface area contributed by atoms with Gasteiger partial charge in [0, 0.05) is 31.2 Å². The summed E-state index contributed by atoms with van der Waals surface area (Å²) in [6, 6.07) is 12.4. The van der Waals surface area contributed by atoms with E-state index < -0.39 is 17.4 Å². The Hall–Kier alpha value is -3.49. The summed E-state index contributed by atoms with van der Waals surface area (Å²) in [6.07, 6.45) is -0.713. The Labute approximate surface area is 193 Å². The summed E-state index contributed by atoms with van der Waals surface area (Å²) in [6.45, 7) is 0.824. The number of nitrogens with zero attached hydrogens (tertiary/aromatic N) is 3. The zero-order valence-corrected chi connectivity index (χ0v) is 19.1. The van der Waals surface area contributed by atoms with E-state index in [-0.39, 0.29) is 5.75 Å². The Morgan fingerprint density at radius 3 is 2.52 bits per heavy atom. The number of benzene rings is 2. The number of aromatic hydroxyl groups is 1. The maximum atomic E-state index is 13.4. The van der Waals surface area contributed by atoms with Crippen molar-refractivity contribution in [3.05, 3.63) is 79.6 Å². The Balaban J connectivity index is 1.93. The molecule has 2 aromatic carbocycles. The number of halogens is 1. The standard InChI is InChI=1S/C24H22ClN3O5/c1-26-19-17(23(30)27(2)24(26)31)18(13-7-9-14(25)10-8-13)28-11-12-33-22(20(19)28)15-5-4-6-16(32-3)21(15)29/h4-10,22,29H,11-12H2,1-3H3. The van der Waals surface area contributed by atoms with Crippen molar-refractivity contribution < 1.29 is 14.6 Å². The second-order valence-corrected chi connectivity index (χ2v) is 8.41. The maximum absolute atomic E-state index is 13.4. The van der Waals surface area contributed by atoms with E-state index in [0.717, 1.165) is 10.1 Å². The van der Waals surface area contributed by atoms with Crippen LogP contribution in [0.2, 0.25) is 5.02 Å². The highest BCUT2D eigenvalue weighted by Gasteiger charge is 2.34. The van der Waals surface area contributed by atoms with E-state index >= 15 is 0 Å². The van der Waals surface area contributed by atoms with Crippen LogP contribution in [0.15, 0.2) is 52.1 Å². The first kappa shape index (κ1) is 21.4. The summed E-state index contributed by atoms with van der Waals surface area (Å²) >= 11 is 6.11. The summed E-state index contributed by atoms with van der Waals surface area (Å²) in [4.78, 5) is 26.3. The second kappa shape index (κ2) is 7.83. The van der Waals surface area contributed by atoms with Crippen LogP contribution in [0.1, 0.15) is 17.4 Å². The van der Waals surface area contributed by atoms with Gasteiger partial charge >= 0.3 is 5.69 Å². The summed E-state index contributed by atoms with van der Waals surface area (Å²) in [5.74, 6) is 0.265. The van der Waals surface area contributed by atoms with E-state index in [1.807, 2.05) is 16.7 Å². The van der Waals surface area contributed by atoms with Gasteiger partial charge in [0.15, 0.2) is 11.5 Å². The van der Waals surface area contributed by atoms with Crippen molar-refractivity contribution in [1.29, 1.82) is 0 Å². The molecule has 2 aromatic heterocycles. The number of fused-ring (bicyclic) bond motifs is 3. The minimum atomic E-state index is -0.713. The minimum absolute atomic E-state index is 0.0466. The Morgan fingerprint density at radius 2 is 1.82 bits per heavy atom. The average molecular weight is 468 g/mol. The summed E-state index contributed by atoms with van der Waals surface area (Å²) in [5, 5.41) is 11.8. The topological polar surface area (TPSA) is 87.6 Å². The van der Waals surface area contributed by atoms with Crippen LogP contribution in [0.25, 0.3) is 22.2 Å². The monoisotopic (exact) mass is 467 g/mol. The molecule has 170 valence electrons. The van der Waals surface area contributed by atoms with Gasteiger partial charge in [-0.15, -0.1) is 0 Å². The number of methoxy groups -OCH3 is 1. The smallest absolute Gasteiger partial charge is 0.331 e. The van der Waals surface area contributed by atoms with Crippen LogP contribution < -0.4 is 16.0 Å². The lowest BCUT2D eigenvalue weighted by molar-refractivity contribution is 0.0462. The lowest BCUT2D eigenvalue weighted by atomic mass is 10.0. The molecule has 0 spiro atoms. The van der Waals surface area contributed by atoms with E-state index in [1.165, 1.54) is 18.7 Å². The first-order chi connectivity index (χ1) is 15.8. The van der Waals surface area contributed by atoms with E-state index in [0.29, 0.717) is 51.8 Å². The van der Waals surface area contributed by atoms with E-state index in [4.69, 9.17) is 21.1 Å². The molecule has 1 aliphatic heterocycles. The number of phenols is 1. The van der Waals surface area contributed by atoms with E-state index in [2.05, 4.69) is 0 Å². The zero-order valence-electron chi connectivity index (χ0n) is 18.3. The Kier molecular flexibility index (Phi) is 5.07. The van der Waals surface area contributed by atoms with Crippen LogP contribution in [0.5, 0.6) is 11.5 Å². The molecule has 0 saturated carbocycles. The molecule has 5 rings (SSSR count). The Bertz CT molecular complexity index is 1510. The molecule has 9 heteroatoms. The summed E-state index contributed by atoms with van der Waals surface area (Å²) < 4.78 is 16.0. The zero-order chi connectivity index (χ0) is 23.4. The molecule has 0 fully saturated rings. The van der Waals surface area contributed by atoms with Crippen LogP contribution in [-0.4, -0.2) is 32.5 Å². The van der Waals surface area contributed by atoms with Crippen molar-refractivity contribution >= 4 is 22.5 Å². The molecule has 0 radical (unpaired) electrons. The highest BCUT2D eigenvalue weighted by atomic mass is 35.5. The Morgan fingerprint density at radius 1 is 1.09 bits per heavy atom. The molecule has 1 N–H and O–H groups in total. The SMILES string of the molecule is COc1cccc(C2OCCn3c(-c4ccc(Cl)cc4)c4c(=O)n(C)c(=O)n(C)c4c32)c1O. The van der Waals surface area contributed by atoms with Gasteiger partial charge in [0.2, 0.25) is 0 Å². The molecule has 8 nitrogen and oxygen atoms in total. The molecule has 1 atom stereocenters. The quantitative estimate of drug-likeness (QED) is 0.500. The fourth-order valence-corrected chi connectivity index (χ4v) is 4.77. The van der Waals surface area contributed by atoms with Crippen molar-refractivity contribution in [3.8, 4) is 22.8 Å². The second-order valence-electron chi connectivity index (χ2n) is 7.97. The van der Waals surface area contributed by atoms with Gasteiger partial charge in [-0.25, -0.2) is 4.79 Å². The molecular formula is C24H22ClN3O5. The van der Waals surface area contributed by atoms with Crippen LogP contribution >= 0.6 is 11.6 Å². The van der Waals surface area contributed by atoms with Gasteiger partial charge in [0.05, 0.1) is 36.0 Å². The molecule has 3 heterocycles. The number of rotatable bonds is 3. The van der Waals surface area contributed by atoms with Crippen LogP contribution in [0.3, 0.4) is 0 Å². The molecule has 33 heavy (non-hydrogen) atoms. The third-order valence-corrected chi connectivity index (χ3v) is 6.45. The van der Waals surface area contributed by atoms with Crippen molar-refractivity contribution in [1.82, 2.24) is 13.7 Å². The number of aryl methyl sites for hydroxylation is 1. The number of ether oxygens (including phenoxy) is 2. The number of phenolic OH excluding ortho intramolecular Hbond substituents is 1. The molecule has 0 bridgehead atoms. The average Bonchev–Trinajstić information content (AvgIpc) is 3.18. The molecule has 4 aromatic rings. The van der Waals surface area contributed by atoms with Gasteiger partial charge in [-0.1, -0.05) is 35.9 Å². The van der Waals surface area contributed by atoms with Crippen molar-refractivity contribution in [3.63, 3.8) is 0 Å². The highest BCUT2D eigenvalue weighted by molar-refractivity contribution is 6.30. The fourth-order valence-electron chi connectivity index (χ4n) is 4.64. The van der Waals surface area contributed by atoms with Gasteiger partial charge in [0.1, 0.15) is 6.10 Å². The lowest BCUT2D eigenvalue weighted by Crippen LogP contribution is -2.37. The molecular weight excluding hydrogens is 446 g/mol. The first-order valence-electron chi connectivity index (χ1n) is 10.4. The van der Waals surface area contributed by atoms with Crippen LogP contribution in [0.4, 0.5) is 0 Å². The van der Waals surface area contributed by atoms with Crippen LogP contribution in [0, 0.1) is 0 Å². The van der Waals surface area contributed by atoms with E-state index in [1.54, 1.807) is 37.4 Å². The van der Waals surface area contributed by atoms with Crippen molar-refractivity contribution in [2.24, 2.45) is 14.1 Å². The number of hydrogen-bond acceptors (Lipinski definition) is 5. The highest BCUT2D eigenvalue weighted by Crippen LogP contribution is 2.44. The largest absolute Gasteiger partial charge is 0.504 e. The van der Waals surface area contributed by atoms with Crippen molar-refractivity contribution in [2.75, 3.05) is 13.7 Å². The normalized spacial score (nSPS) is 15.6. The molecule has 0 saturated heterocycles. The number of aromatic nitrogens is 3. The molecule has 0 amide bonds. The van der Waals surface area contributed by atoms with Gasteiger partial charge in [0.25, 0.3) is 5.56 Å². The predicted octanol–water partition coefficient (Wildman–Crippen LogP) is 3.19. The summed E-state index contributed by atoms with van der Waals surface area (Å²) in [7, 11) is 4.58. The number of hydrogen-bond donors (Lipinski definition) is 1. The third kappa shape index (κ3) is 3.09. The van der Waals surface area contributed by atoms with Gasteiger partial charge < -0.3 is 19.1 Å². The van der Waals surface area contributed by atoms with Gasteiger partial charge in [-0.2, -0.15) is 0 Å². The molecule has 0 aliphatic carbocycles. The number of para-hydroxylation sites is 1. The maximum Gasteiger partial charge on any atom is 0.331 e. The van der Waals surface area contributed by atoms with E-state index in [9.17, 15) is 14.7 Å². The molecule has 1 unspecified atom stereocenters. The predicted molar refractivity (Wildman–Crippen MR) is 125 cm³/mol. The first-order valence-corrected chi connectivity index (χ1v) is 10.8.